The van der Waals surface area contributed by atoms with Crippen LogP contribution in [0.5, 0.6) is 11.5 Å². The molecule has 2 nitrogen and oxygen atoms in total. The summed E-state index contributed by atoms with van der Waals surface area (Å²) in [4.78, 5) is 0. The van der Waals surface area contributed by atoms with E-state index in [0.29, 0.717) is 17.8 Å². The molecule has 0 radical (unpaired) electrons. The first-order valence-electron chi connectivity index (χ1n) is 8.64. The Kier molecular flexibility index (Phi) is 5.56. The molecule has 0 saturated heterocycles. The maximum absolute atomic E-state index is 9.83. The number of phenols is 2. The summed E-state index contributed by atoms with van der Waals surface area (Å²) >= 11 is 0. The fraction of sp³-hybridized carbons (Fsp3) is 0.524. The summed E-state index contributed by atoms with van der Waals surface area (Å²) in [5.74, 6) is 1.05. The van der Waals surface area contributed by atoms with E-state index in [1.165, 1.54) is 36.5 Å². The second kappa shape index (κ2) is 7.25. The van der Waals surface area contributed by atoms with E-state index in [1.54, 1.807) is 12.1 Å². The smallest absolute Gasteiger partial charge is 0.119 e. The molecule has 23 heavy (non-hydrogen) atoms. The molecule has 0 spiro atoms. The van der Waals surface area contributed by atoms with E-state index in [9.17, 15) is 10.2 Å². The van der Waals surface area contributed by atoms with Crippen LogP contribution in [0.15, 0.2) is 42.0 Å². The molecule has 2 rings (SSSR count). The van der Waals surface area contributed by atoms with Gasteiger partial charge >= 0.3 is 0 Å². The summed E-state index contributed by atoms with van der Waals surface area (Å²) < 4.78 is 0. The number of phenolic OH excluding ortho intramolecular Hbond substituents is 2. The van der Waals surface area contributed by atoms with Gasteiger partial charge in [-0.2, -0.15) is 0 Å². The van der Waals surface area contributed by atoms with Crippen LogP contribution < -0.4 is 0 Å². The molecular formula is C21H30O2. The van der Waals surface area contributed by atoms with Gasteiger partial charge in [0.15, 0.2) is 0 Å². The van der Waals surface area contributed by atoms with E-state index < -0.39 is 0 Å². The van der Waals surface area contributed by atoms with Gasteiger partial charge in [0.05, 0.1) is 0 Å². The highest BCUT2D eigenvalue weighted by atomic mass is 16.3. The summed E-state index contributed by atoms with van der Waals surface area (Å²) in [7, 11) is 0. The SMILES string of the molecule is C=C1CCCC(C)(C)C1CC/C(C)=C/Cc1cc(O)ccc1O. The number of allylic oxidation sites excluding steroid dienone is 3. The minimum atomic E-state index is 0.198. The van der Waals surface area contributed by atoms with Gasteiger partial charge in [-0.25, -0.2) is 0 Å². The normalized spacial score (nSPS) is 21.4. The summed E-state index contributed by atoms with van der Waals surface area (Å²) in [5, 5.41) is 19.4. The van der Waals surface area contributed by atoms with Crippen LogP contribution in [0.1, 0.15) is 58.4 Å². The van der Waals surface area contributed by atoms with Crippen LogP contribution in [0.4, 0.5) is 0 Å². The minimum absolute atomic E-state index is 0.198. The van der Waals surface area contributed by atoms with Gasteiger partial charge in [-0.1, -0.05) is 37.6 Å². The van der Waals surface area contributed by atoms with E-state index in [1.807, 2.05) is 0 Å². The summed E-state index contributed by atoms with van der Waals surface area (Å²) in [6.07, 6.45) is 8.76. The molecule has 1 aliphatic rings. The summed E-state index contributed by atoms with van der Waals surface area (Å²) in [6.45, 7) is 11.2. The number of hydrogen-bond donors (Lipinski definition) is 2. The van der Waals surface area contributed by atoms with Crippen molar-refractivity contribution in [3.8, 4) is 11.5 Å². The lowest BCUT2D eigenvalue weighted by Crippen LogP contribution is -2.29. The molecule has 0 aliphatic heterocycles. The van der Waals surface area contributed by atoms with Crippen molar-refractivity contribution in [1.29, 1.82) is 0 Å². The van der Waals surface area contributed by atoms with Gasteiger partial charge in [-0.3, -0.25) is 0 Å². The van der Waals surface area contributed by atoms with E-state index >= 15 is 0 Å². The van der Waals surface area contributed by atoms with Crippen LogP contribution in [-0.4, -0.2) is 10.2 Å². The molecule has 1 aliphatic carbocycles. The van der Waals surface area contributed by atoms with Gasteiger partial charge in [0.25, 0.3) is 0 Å². The Morgan fingerprint density at radius 3 is 2.78 bits per heavy atom. The van der Waals surface area contributed by atoms with E-state index in [0.717, 1.165) is 18.4 Å². The zero-order valence-electron chi connectivity index (χ0n) is 14.7. The van der Waals surface area contributed by atoms with E-state index in [4.69, 9.17) is 0 Å². The van der Waals surface area contributed by atoms with Crippen molar-refractivity contribution < 1.29 is 10.2 Å². The minimum Gasteiger partial charge on any atom is -0.508 e. The fourth-order valence-electron chi connectivity index (χ4n) is 3.76. The predicted molar refractivity (Wildman–Crippen MR) is 96.7 cm³/mol. The van der Waals surface area contributed by atoms with Crippen LogP contribution in [0, 0.1) is 11.3 Å². The number of aromatic hydroxyl groups is 2. The Labute approximate surface area is 140 Å². The lowest BCUT2D eigenvalue weighted by Gasteiger charge is -2.40. The van der Waals surface area contributed by atoms with Crippen LogP contribution in [0.25, 0.3) is 0 Å². The highest BCUT2D eigenvalue weighted by Gasteiger charge is 2.33. The standard InChI is InChI=1S/C21H30O2/c1-15(7-9-17-14-18(22)10-12-20(17)23)8-11-19-16(2)6-5-13-21(19,3)4/h7,10,12,14,19,22-23H,2,5-6,8-9,11,13H2,1,3-4H3/b15-7+. The molecule has 1 unspecified atom stereocenters. The van der Waals surface area contributed by atoms with Gasteiger partial charge in [-0.05, 0) is 75.0 Å². The number of rotatable bonds is 5. The first-order chi connectivity index (χ1) is 10.8. The van der Waals surface area contributed by atoms with Crippen LogP contribution in [-0.2, 0) is 6.42 Å². The van der Waals surface area contributed by atoms with E-state index in [-0.39, 0.29) is 11.5 Å². The molecule has 126 valence electrons. The lowest BCUT2D eigenvalue weighted by molar-refractivity contribution is 0.180. The summed E-state index contributed by atoms with van der Waals surface area (Å²) in [6, 6.07) is 4.68. The Hall–Kier alpha value is -1.70. The molecule has 0 aromatic heterocycles. The van der Waals surface area contributed by atoms with Crippen molar-refractivity contribution in [2.75, 3.05) is 0 Å². The topological polar surface area (TPSA) is 40.5 Å². The molecule has 1 fully saturated rings. The highest BCUT2D eigenvalue weighted by molar-refractivity contribution is 5.39. The third-order valence-corrected chi connectivity index (χ3v) is 5.32. The van der Waals surface area contributed by atoms with Crippen LogP contribution in [0.3, 0.4) is 0 Å². The Bertz CT molecular complexity index is 596. The second-order valence-corrected chi connectivity index (χ2v) is 7.66. The largest absolute Gasteiger partial charge is 0.508 e. The molecule has 1 atom stereocenters. The van der Waals surface area contributed by atoms with Crippen LogP contribution >= 0.6 is 0 Å². The number of benzene rings is 1. The molecule has 0 heterocycles. The number of hydrogen-bond acceptors (Lipinski definition) is 2. The van der Waals surface area contributed by atoms with Crippen LogP contribution in [0.2, 0.25) is 0 Å². The quantitative estimate of drug-likeness (QED) is 0.536. The molecule has 1 saturated carbocycles. The van der Waals surface area contributed by atoms with Gasteiger partial charge in [-0.15, -0.1) is 0 Å². The van der Waals surface area contributed by atoms with Crippen molar-refractivity contribution >= 4 is 0 Å². The molecule has 0 bridgehead atoms. The molecular weight excluding hydrogens is 284 g/mol. The molecule has 1 aromatic rings. The Morgan fingerprint density at radius 1 is 1.35 bits per heavy atom. The first-order valence-corrected chi connectivity index (χ1v) is 8.64. The van der Waals surface area contributed by atoms with Crippen molar-refractivity contribution in [2.45, 2.75) is 59.3 Å². The predicted octanol–water partition coefficient (Wildman–Crippen LogP) is 5.75. The first kappa shape index (κ1) is 17.7. The average Bonchev–Trinajstić information content (AvgIpc) is 2.47. The zero-order chi connectivity index (χ0) is 17.0. The lowest BCUT2D eigenvalue weighted by atomic mass is 9.65. The maximum atomic E-state index is 9.83. The molecule has 2 N–H and O–H groups in total. The monoisotopic (exact) mass is 314 g/mol. The van der Waals surface area contributed by atoms with Crippen molar-refractivity contribution in [3.05, 3.63) is 47.6 Å². The van der Waals surface area contributed by atoms with Gasteiger partial charge in [0, 0.05) is 5.56 Å². The third-order valence-electron chi connectivity index (χ3n) is 5.32. The van der Waals surface area contributed by atoms with Crippen molar-refractivity contribution in [2.24, 2.45) is 11.3 Å². The summed E-state index contributed by atoms with van der Waals surface area (Å²) in [5.41, 5.74) is 3.88. The highest BCUT2D eigenvalue weighted by Crippen LogP contribution is 2.45. The second-order valence-electron chi connectivity index (χ2n) is 7.66. The average molecular weight is 314 g/mol. The van der Waals surface area contributed by atoms with E-state index in [2.05, 4.69) is 33.4 Å². The fourth-order valence-corrected chi connectivity index (χ4v) is 3.76. The molecule has 0 amide bonds. The van der Waals surface area contributed by atoms with Crippen molar-refractivity contribution in [3.63, 3.8) is 0 Å². The molecule has 2 heteroatoms. The van der Waals surface area contributed by atoms with Gasteiger partial charge in [0.2, 0.25) is 0 Å². The Morgan fingerprint density at radius 2 is 2.09 bits per heavy atom. The third kappa shape index (κ3) is 4.63. The zero-order valence-corrected chi connectivity index (χ0v) is 14.7. The van der Waals surface area contributed by atoms with Crippen molar-refractivity contribution in [1.82, 2.24) is 0 Å². The Balaban J connectivity index is 1.94. The maximum Gasteiger partial charge on any atom is 0.119 e. The van der Waals surface area contributed by atoms with Gasteiger partial charge in [0.1, 0.15) is 11.5 Å². The van der Waals surface area contributed by atoms with Gasteiger partial charge < -0.3 is 10.2 Å². The molecule has 1 aromatic carbocycles.